The van der Waals surface area contributed by atoms with Crippen LogP contribution in [0, 0.1) is 0 Å². The zero-order valence-corrected chi connectivity index (χ0v) is 8.91. The standard InChI is InChI=1S/C9H9N3O3S/c13-9-8(2-1-4-11-9)16(14,15)12-7-3-5-10-6-7/h1-6,10,12H,(H,11,13). The van der Waals surface area contributed by atoms with Crippen LogP contribution in [0.1, 0.15) is 0 Å². The van der Waals surface area contributed by atoms with E-state index in [4.69, 9.17) is 0 Å². The van der Waals surface area contributed by atoms with Crippen molar-refractivity contribution >= 4 is 15.7 Å². The van der Waals surface area contributed by atoms with Crippen LogP contribution in [-0.4, -0.2) is 18.4 Å². The molecule has 0 spiro atoms. The molecule has 0 amide bonds. The van der Waals surface area contributed by atoms with Crippen molar-refractivity contribution in [3.05, 3.63) is 47.1 Å². The number of pyridine rings is 1. The van der Waals surface area contributed by atoms with Gasteiger partial charge in [-0.1, -0.05) is 0 Å². The van der Waals surface area contributed by atoms with Crippen molar-refractivity contribution in [3.8, 4) is 0 Å². The minimum atomic E-state index is -3.83. The summed E-state index contributed by atoms with van der Waals surface area (Å²) in [4.78, 5) is 16.0. The van der Waals surface area contributed by atoms with Crippen LogP contribution in [0.15, 0.2) is 46.5 Å². The van der Waals surface area contributed by atoms with Gasteiger partial charge >= 0.3 is 0 Å². The molecule has 2 aromatic rings. The average Bonchev–Trinajstić information content (AvgIpc) is 2.70. The molecule has 84 valence electrons. The molecule has 0 saturated heterocycles. The molecule has 0 aliphatic heterocycles. The lowest BCUT2D eigenvalue weighted by Crippen LogP contribution is -2.22. The highest BCUT2D eigenvalue weighted by atomic mass is 32.2. The van der Waals surface area contributed by atoms with Gasteiger partial charge in [0.15, 0.2) is 4.90 Å². The maximum absolute atomic E-state index is 11.8. The molecule has 0 fully saturated rings. The minimum absolute atomic E-state index is 0.309. The topological polar surface area (TPSA) is 94.8 Å². The second-order valence-corrected chi connectivity index (χ2v) is 4.72. The van der Waals surface area contributed by atoms with E-state index in [2.05, 4.69) is 14.7 Å². The normalized spacial score (nSPS) is 11.2. The third-order valence-electron chi connectivity index (χ3n) is 1.92. The first-order valence-electron chi connectivity index (χ1n) is 4.43. The van der Waals surface area contributed by atoms with Gasteiger partial charge in [0.2, 0.25) is 0 Å². The van der Waals surface area contributed by atoms with Crippen molar-refractivity contribution in [2.75, 3.05) is 4.72 Å². The predicted molar refractivity (Wildman–Crippen MR) is 58.7 cm³/mol. The van der Waals surface area contributed by atoms with Crippen molar-refractivity contribution in [1.82, 2.24) is 9.97 Å². The lowest BCUT2D eigenvalue weighted by molar-refractivity contribution is 0.600. The molecule has 2 rings (SSSR count). The second-order valence-electron chi connectivity index (χ2n) is 3.07. The van der Waals surface area contributed by atoms with Crippen LogP contribution in [0.25, 0.3) is 0 Å². The quantitative estimate of drug-likeness (QED) is 0.728. The van der Waals surface area contributed by atoms with Gasteiger partial charge < -0.3 is 9.97 Å². The Hall–Kier alpha value is -2.02. The zero-order valence-electron chi connectivity index (χ0n) is 8.10. The average molecular weight is 239 g/mol. The minimum Gasteiger partial charge on any atom is -0.366 e. The van der Waals surface area contributed by atoms with E-state index in [0.29, 0.717) is 5.69 Å². The molecular formula is C9H9N3O3S. The lowest BCUT2D eigenvalue weighted by Gasteiger charge is -2.04. The van der Waals surface area contributed by atoms with Crippen LogP contribution in [-0.2, 0) is 10.0 Å². The fraction of sp³-hybridized carbons (Fsp3) is 0. The Bertz CT molecular complexity index is 628. The van der Waals surface area contributed by atoms with Gasteiger partial charge in [-0.15, -0.1) is 0 Å². The van der Waals surface area contributed by atoms with Crippen LogP contribution in [0.5, 0.6) is 0 Å². The van der Waals surface area contributed by atoms with E-state index >= 15 is 0 Å². The van der Waals surface area contributed by atoms with E-state index in [9.17, 15) is 13.2 Å². The van der Waals surface area contributed by atoms with Crippen LogP contribution in [0.4, 0.5) is 5.69 Å². The molecule has 0 unspecified atom stereocenters. The molecule has 16 heavy (non-hydrogen) atoms. The van der Waals surface area contributed by atoms with Crippen LogP contribution >= 0.6 is 0 Å². The summed E-state index contributed by atoms with van der Waals surface area (Å²) >= 11 is 0. The Kier molecular flexibility index (Phi) is 2.53. The fourth-order valence-electron chi connectivity index (χ4n) is 1.22. The molecular weight excluding hydrogens is 230 g/mol. The Balaban J connectivity index is 2.41. The first-order chi connectivity index (χ1) is 7.59. The molecule has 0 saturated carbocycles. The summed E-state index contributed by atoms with van der Waals surface area (Å²) in [5, 5.41) is 0. The van der Waals surface area contributed by atoms with Crippen LogP contribution in [0.3, 0.4) is 0 Å². The van der Waals surface area contributed by atoms with Crippen LogP contribution in [0.2, 0.25) is 0 Å². The van der Waals surface area contributed by atoms with Gasteiger partial charge in [0.25, 0.3) is 15.6 Å². The number of rotatable bonds is 3. The number of hydrogen-bond donors (Lipinski definition) is 3. The molecule has 2 heterocycles. The summed E-state index contributed by atoms with van der Waals surface area (Å²) in [5.41, 5.74) is -0.270. The van der Waals surface area contributed by atoms with E-state index in [0.717, 1.165) is 0 Å². The fourth-order valence-corrected chi connectivity index (χ4v) is 2.32. The molecule has 0 aromatic carbocycles. The Morgan fingerprint density at radius 1 is 1.19 bits per heavy atom. The van der Waals surface area contributed by atoms with Crippen molar-refractivity contribution in [2.45, 2.75) is 4.90 Å². The Morgan fingerprint density at radius 3 is 2.62 bits per heavy atom. The summed E-state index contributed by atoms with van der Waals surface area (Å²) < 4.78 is 25.8. The number of nitrogens with one attached hydrogen (secondary N) is 3. The van der Waals surface area contributed by atoms with Crippen molar-refractivity contribution in [1.29, 1.82) is 0 Å². The van der Waals surface area contributed by atoms with Crippen molar-refractivity contribution in [2.24, 2.45) is 0 Å². The summed E-state index contributed by atoms with van der Waals surface area (Å²) in [6, 6.07) is 4.25. The predicted octanol–water partition coefficient (Wildman–Crippen LogP) is 0.504. The summed E-state index contributed by atoms with van der Waals surface area (Å²) in [6.07, 6.45) is 4.43. The molecule has 6 nitrogen and oxygen atoms in total. The maximum Gasteiger partial charge on any atom is 0.268 e. The van der Waals surface area contributed by atoms with Gasteiger partial charge in [0.05, 0.1) is 5.69 Å². The van der Waals surface area contributed by atoms with E-state index in [1.165, 1.54) is 24.5 Å². The highest BCUT2D eigenvalue weighted by Crippen LogP contribution is 2.11. The molecule has 0 atom stereocenters. The van der Waals surface area contributed by atoms with Gasteiger partial charge in [0.1, 0.15) is 0 Å². The van der Waals surface area contributed by atoms with E-state index in [1.807, 2.05) is 0 Å². The van der Waals surface area contributed by atoms with E-state index in [1.54, 1.807) is 12.3 Å². The SMILES string of the molecule is O=c1[nH]cccc1S(=O)(=O)Nc1cc[nH]c1. The molecule has 7 heteroatoms. The molecule has 0 bridgehead atoms. The number of anilines is 1. The zero-order chi connectivity index (χ0) is 11.6. The van der Waals surface area contributed by atoms with Gasteiger partial charge in [-0.3, -0.25) is 9.52 Å². The van der Waals surface area contributed by atoms with E-state index in [-0.39, 0.29) is 4.90 Å². The van der Waals surface area contributed by atoms with Gasteiger partial charge in [-0.25, -0.2) is 8.42 Å². The summed E-state index contributed by atoms with van der Waals surface area (Å²) in [6.45, 7) is 0. The molecule has 2 aromatic heterocycles. The number of H-pyrrole nitrogens is 2. The monoisotopic (exact) mass is 239 g/mol. The third kappa shape index (κ3) is 1.98. The Labute approximate surface area is 91.4 Å². The van der Waals surface area contributed by atoms with Gasteiger partial charge in [-0.05, 0) is 18.2 Å². The largest absolute Gasteiger partial charge is 0.366 e. The molecule has 0 radical (unpaired) electrons. The summed E-state index contributed by atoms with van der Waals surface area (Å²) in [7, 11) is -3.83. The highest BCUT2D eigenvalue weighted by Gasteiger charge is 2.17. The summed E-state index contributed by atoms with van der Waals surface area (Å²) in [5.74, 6) is 0. The van der Waals surface area contributed by atoms with Crippen molar-refractivity contribution < 1.29 is 8.42 Å². The molecule has 0 aliphatic carbocycles. The van der Waals surface area contributed by atoms with Gasteiger partial charge in [0, 0.05) is 18.6 Å². The number of aromatic nitrogens is 2. The number of hydrogen-bond acceptors (Lipinski definition) is 3. The Morgan fingerprint density at radius 2 is 2.00 bits per heavy atom. The smallest absolute Gasteiger partial charge is 0.268 e. The number of aromatic amines is 2. The van der Waals surface area contributed by atoms with Crippen LogP contribution < -0.4 is 10.3 Å². The first kappa shape index (κ1) is 10.5. The first-order valence-corrected chi connectivity index (χ1v) is 5.91. The van der Waals surface area contributed by atoms with Crippen molar-refractivity contribution in [3.63, 3.8) is 0 Å². The van der Waals surface area contributed by atoms with E-state index < -0.39 is 15.6 Å². The molecule has 3 N–H and O–H groups in total. The molecule has 0 aliphatic rings. The number of sulfonamides is 1. The van der Waals surface area contributed by atoms with Gasteiger partial charge in [-0.2, -0.15) is 0 Å². The second kappa shape index (κ2) is 3.86. The lowest BCUT2D eigenvalue weighted by atomic mass is 10.5. The third-order valence-corrected chi connectivity index (χ3v) is 3.33. The maximum atomic E-state index is 11.8. The highest BCUT2D eigenvalue weighted by molar-refractivity contribution is 7.92.